The first kappa shape index (κ1) is 21.7. The lowest BCUT2D eigenvalue weighted by Gasteiger charge is -2.27. The van der Waals surface area contributed by atoms with Gasteiger partial charge < -0.3 is 0 Å². The van der Waals surface area contributed by atoms with Crippen molar-refractivity contribution in [3.63, 3.8) is 0 Å². The predicted molar refractivity (Wildman–Crippen MR) is 109 cm³/mol. The molecule has 0 aliphatic rings. The van der Waals surface area contributed by atoms with Crippen LogP contribution in [0.1, 0.15) is 51.8 Å². The number of sulfonamides is 1. The fraction of sp³-hybridized carbons (Fsp3) is 0.450. The van der Waals surface area contributed by atoms with Gasteiger partial charge in [0.1, 0.15) is 0 Å². The molecular formula is C20H28N2O3S2. The number of hydrogen-bond donors (Lipinski definition) is 1. The molecule has 1 N–H and O–H groups in total. The van der Waals surface area contributed by atoms with Gasteiger partial charge in [-0.05, 0) is 57.4 Å². The van der Waals surface area contributed by atoms with E-state index in [-0.39, 0.29) is 10.8 Å². The maximum absolute atomic E-state index is 13.0. The summed E-state index contributed by atoms with van der Waals surface area (Å²) in [6, 6.07) is 7.96. The van der Waals surface area contributed by atoms with Gasteiger partial charge in [0, 0.05) is 17.1 Å². The zero-order chi connectivity index (χ0) is 20.4. The van der Waals surface area contributed by atoms with Crippen LogP contribution in [0.4, 0.5) is 0 Å². The molecule has 0 fully saturated rings. The summed E-state index contributed by atoms with van der Waals surface area (Å²) < 4.78 is 41.1. The number of benzene rings is 1. The Bertz CT molecular complexity index is 915. The van der Waals surface area contributed by atoms with E-state index in [1.54, 1.807) is 42.7 Å². The van der Waals surface area contributed by atoms with Crippen molar-refractivity contribution in [2.45, 2.75) is 62.1 Å². The Kier molecular flexibility index (Phi) is 6.60. The Hall–Kier alpha value is -1.57. The third kappa shape index (κ3) is 5.24. The molecule has 1 aromatic heterocycles. The highest BCUT2D eigenvalue weighted by Gasteiger charge is 2.30. The minimum Gasteiger partial charge on any atom is -0.263 e. The van der Waals surface area contributed by atoms with Crippen LogP contribution in [0.5, 0.6) is 0 Å². The quantitative estimate of drug-likeness (QED) is 0.785. The number of aryl methyl sites for hydroxylation is 1. The van der Waals surface area contributed by atoms with Crippen LogP contribution < -0.4 is 4.72 Å². The zero-order valence-electron chi connectivity index (χ0n) is 16.7. The molecule has 0 bridgehead atoms. The molecule has 7 heteroatoms. The van der Waals surface area contributed by atoms with Gasteiger partial charge in [0.25, 0.3) is 0 Å². The van der Waals surface area contributed by atoms with E-state index in [1.165, 1.54) is 0 Å². The highest BCUT2D eigenvalue weighted by Crippen LogP contribution is 2.31. The van der Waals surface area contributed by atoms with Crippen molar-refractivity contribution in [2.24, 2.45) is 5.92 Å². The summed E-state index contributed by atoms with van der Waals surface area (Å²) >= 11 is 0. The first-order valence-electron chi connectivity index (χ1n) is 8.88. The minimum atomic E-state index is -3.72. The van der Waals surface area contributed by atoms with Gasteiger partial charge in [0.05, 0.1) is 26.6 Å². The first-order valence-corrected chi connectivity index (χ1v) is 11.5. The fourth-order valence-electron chi connectivity index (χ4n) is 2.64. The zero-order valence-corrected chi connectivity index (χ0v) is 18.3. The lowest BCUT2D eigenvalue weighted by atomic mass is 9.98. The van der Waals surface area contributed by atoms with Crippen LogP contribution in [0.2, 0.25) is 0 Å². The molecule has 2 aromatic rings. The molecule has 0 unspecified atom stereocenters. The van der Waals surface area contributed by atoms with Gasteiger partial charge in [-0.15, -0.1) is 0 Å². The number of nitrogens with one attached hydrogen (secondary N) is 1. The maximum Gasteiger partial charge on any atom is 0.241 e. The summed E-state index contributed by atoms with van der Waals surface area (Å²) in [5.74, 6) is -0.0386. The van der Waals surface area contributed by atoms with E-state index in [4.69, 9.17) is 0 Å². The van der Waals surface area contributed by atoms with E-state index >= 15 is 0 Å². The van der Waals surface area contributed by atoms with E-state index in [1.807, 2.05) is 41.5 Å². The third-order valence-electron chi connectivity index (χ3n) is 4.19. The molecule has 0 saturated heterocycles. The summed E-state index contributed by atoms with van der Waals surface area (Å²) in [4.78, 5) is 4.89. The maximum atomic E-state index is 13.0. The van der Waals surface area contributed by atoms with Crippen LogP contribution in [0, 0.1) is 12.8 Å². The molecule has 0 aliphatic carbocycles. The summed E-state index contributed by atoms with van der Waals surface area (Å²) in [5.41, 5.74) is 1.69. The van der Waals surface area contributed by atoms with Crippen LogP contribution >= 0.6 is 0 Å². The van der Waals surface area contributed by atoms with Gasteiger partial charge in [-0.2, -0.15) is 0 Å². The highest BCUT2D eigenvalue weighted by molar-refractivity contribution is 7.89. The molecule has 0 radical (unpaired) electrons. The first-order chi connectivity index (χ1) is 12.4. The molecule has 1 aromatic carbocycles. The fourth-order valence-corrected chi connectivity index (χ4v) is 5.23. The molecule has 0 aliphatic heterocycles. The van der Waals surface area contributed by atoms with E-state index < -0.39 is 31.6 Å². The summed E-state index contributed by atoms with van der Waals surface area (Å²) in [6.45, 7) is 11.5. The standard InChI is InChI=1S/C20H28N2O3S2/c1-14(2)19(22-27(24,25)16-9-7-15(3)8-10-16)17-11-12-21-13-18(17)26(23)20(4,5)6/h7-14,19,22H,1-6H3/t19-,26+/m0/s1. The van der Waals surface area contributed by atoms with Crippen molar-refractivity contribution < 1.29 is 12.6 Å². The van der Waals surface area contributed by atoms with Crippen LogP contribution in [0.3, 0.4) is 0 Å². The second-order valence-corrected chi connectivity index (χ2v) is 11.9. The molecule has 5 nitrogen and oxygen atoms in total. The summed E-state index contributed by atoms with van der Waals surface area (Å²) in [5, 5.41) is 0. The lowest BCUT2D eigenvalue weighted by Crippen LogP contribution is -2.33. The van der Waals surface area contributed by atoms with E-state index in [9.17, 15) is 12.6 Å². The molecule has 148 valence electrons. The Balaban J connectivity index is 2.48. The van der Waals surface area contributed by atoms with Crippen molar-refractivity contribution in [1.82, 2.24) is 9.71 Å². The number of pyridine rings is 1. The molecule has 1 heterocycles. The van der Waals surface area contributed by atoms with Crippen LogP contribution in [0.25, 0.3) is 0 Å². The van der Waals surface area contributed by atoms with Crippen molar-refractivity contribution in [3.8, 4) is 0 Å². The van der Waals surface area contributed by atoms with E-state index in [2.05, 4.69) is 9.71 Å². The molecular weight excluding hydrogens is 380 g/mol. The Morgan fingerprint density at radius 1 is 1.07 bits per heavy atom. The second-order valence-electron chi connectivity index (χ2n) is 7.95. The molecule has 2 atom stereocenters. The number of nitrogens with zero attached hydrogens (tertiary/aromatic N) is 1. The van der Waals surface area contributed by atoms with Crippen LogP contribution in [-0.4, -0.2) is 22.4 Å². The average molecular weight is 409 g/mol. The van der Waals surface area contributed by atoms with Crippen LogP contribution in [0.15, 0.2) is 52.5 Å². The smallest absolute Gasteiger partial charge is 0.241 e. The predicted octanol–water partition coefficient (Wildman–Crippen LogP) is 3.97. The van der Waals surface area contributed by atoms with Crippen molar-refractivity contribution >= 4 is 20.8 Å². The molecule has 2 rings (SSSR count). The van der Waals surface area contributed by atoms with Crippen LogP contribution in [-0.2, 0) is 20.8 Å². The molecule has 27 heavy (non-hydrogen) atoms. The topological polar surface area (TPSA) is 76.1 Å². The highest BCUT2D eigenvalue weighted by atomic mass is 32.2. The normalized spacial score (nSPS) is 14.9. The second kappa shape index (κ2) is 8.20. The van der Waals surface area contributed by atoms with E-state index in [0.717, 1.165) is 5.56 Å². The molecule has 0 spiro atoms. The van der Waals surface area contributed by atoms with Crippen molar-refractivity contribution in [3.05, 3.63) is 53.9 Å². The Labute approximate surface area is 165 Å². The van der Waals surface area contributed by atoms with Gasteiger partial charge in [-0.1, -0.05) is 31.5 Å². The minimum absolute atomic E-state index is 0.0386. The monoisotopic (exact) mass is 408 g/mol. The Morgan fingerprint density at radius 2 is 1.67 bits per heavy atom. The van der Waals surface area contributed by atoms with E-state index in [0.29, 0.717) is 10.5 Å². The molecule has 0 amide bonds. The number of rotatable bonds is 6. The largest absolute Gasteiger partial charge is 0.263 e. The van der Waals surface area contributed by atoms with Gasteiger partial charge in [0.2, 0.25) is 10.0 Å². The third-order valence-corrected chi connectivity index (χ3v) is 7.50. The number of aromatic nitrogens is 1. The summed E-state index contributed by atoms with van der Waals surface area (Å²) in [6.07, 6.45) is 3.18. The lowest BCUT2D eigenvalue weighted by molar-refractivity contribution is 0.456. The molecule has 0 saturated carbocycles. The number of hydrogen-bond acceptors (Lipinski definition) is 4. The van der Waals surface area contributed by atoms with Gasteiger partial charge in [-0.3, -0.25) is 9.19 Å². The van der Waals surface area contributed by atoms with Gasteiger partial charge >= 0.3 is 0 Å². The average Bonchev–Trinajstić information content (AvgIpc) is 2.58. The van der Waals surface area contributed by atoms with Crippen molar-refractivity contribution in [2.75, 3.05) is 0 Å². The van der Waals surface area contributed by atoms with Crippen molar-refractivity contribution in [1.29, 1.82) is 0 Å². The SMILES string of the molecule is Cc1ccc(S(=O)(=O)N[C@H](c2ccncc2[S@@](=O)C(C)(C)C)C(C)C)cc1. The van der Waals surface area contributed by atoms with Gasteiger partial charge in [0.15, 0.2) is 0 Å². The summed E-state index contributed by atoms with van der Waals surface area (Å²) in [7, 11) is -5.04. The Morgan fingerprint density at radius 3 is 2.19 bits per heavy atom. The van der Waals surface area contributed by atoms with Gasteiger partial charge in [-0.25, -0.2) is 13.1 Å².